The fourth-order valence-electron chi connectivity index (χ4n) is 3.75. The van der Waals surface area contributed by atoms with Crippen LogP contribution in [0.1, 0.15) is 30.9 Å². The zero-order valence-electron chi connectivity index (χ0n) is 14.4. The van der Waals surface area contributed by atoms with Crippen molar-refractivity contribution in [3.63, 3.8) is 0 Å². The molecule has 2 saturated heterocycles. The summed E-state index contributed by atoms with van der Waals surface area (Å²) < 4.78 is 1.92. The lowest BCUT2D eigenvalue weighted by atomic mass is 9.93. The van der Waals surface area contributed by atoms with Crippen LogP contribution in [0, 0.1) is 0 Å². The third kappa shape index (κ3) is 4.34. The molecular weight excluding hydrogens is 306 g/mol. The first-order valence-corrected chi connectivity index (χ1v) is 9.11. The zero-order valence-corrected chi connectivity index (χ0v) is 14.4. The molecule has 2 aliphatic rings. The van der Waals surface area contributed by atoms with Crippen LogP contribution in [0.3, 0.4) is 0 Å². The number of hydrogen-bond donors (Lipinski definition) is 2. The van der Waals surface area contributed by atoms with Gasteiger partial charge in [-0.2, -0.15) is 5.10 Å². The van der Waals surface area contributed by atoms with E-state index in [1.165, 1.54) is 5.69 Å². The van der Waals surface area contributed by atoms with Gasteiger partial charge in [0, 0.05) is 57.0 Å². The molecule has 2 N–H and O–H groups in total. The van der Waals surface area contributed by atoms with Gasteiger partial charge in [0.1, 0.15) is 0 Å². The number of rotatable bonds is 6. The number of amides is 1. The van der Waals surface area contributed by atoms with Crippen LogP contribution in [-0.2, 0) is 11.3 Å². The Bertz CT molecular complexity index is 519. The van der Waals surface area contributed by atoms with E-state index in [1.807, 2.05) is 15.8 Å². The normalized spacial score (nSPS) is 20.5. The van der Waals surface area contributed by atoms with E-state index < -0.39 is 0 Å². The second-order valence-electron chi connectivity index (χ2n) is 6.70. The lowest BCUT2D eigenvalue weighted by molar-refractivity contribution is -0.132. The van der Waals surface area contributed by atoms with Gasteiger partial charge in [0.25, 0.3) is 0 Å². The molecule has 24 heavy (non-hydrogen) atoms. The Hall–Kier alpha value is -1.44. The molecule has 0 spiro atoms. The molecule has 0 aromatic carbocycles. The van der Waals surface area contributed by atoms with Crippen LogP contribution in [0.25, 0.3) is 0 Å². The van der Waals surface area contributed by atoms with E-state index in [4.69, 9.17) is 5.11 Å². The minimum absolute atomic E-state index is 0.127. The molecule has 0 bridgehead atoms. The summed E-state index contributed by atoms with van der Waals surface area (Å²) in [5, 5.41) is 16.7. The molecule has 0 atom stereocenters. The molecule has 134 valence electrons. The maximum atomic E-state index is 12.2. The third-order valence-electron chi connectivity index (χ3n) is 5.18. The minimum atomic E-state index is 0.127. The highest BCUT2D eigenvalue weighted by molar-refractivity contribution is 5.76. The molecule has 0 aliphatic carbocycles. The predicted octanol–water partition coefficient (Wildman–Crippen LogP) is -0.123. The molecule has 7 nitrogen and oxygen atoms in total. The van der Waals surface area contributed by atoms with Crippen molar-refractivity contribution < 1.29 is 9.90 Å². The topological polar surface area (TPSA) is 73.6 Å². The Morgan fingerprint density at radius 1 is 1.21 bits per heavy atom. The van der Waals surface area contributed by atoms with Crippen LogP contribution in [0.4, 0.5) is 0 Å². The highest BCUT2D eigenvalue weighted by atomic mass is 16.3. The van der Waals surface area contributed by atoms with Crippen LogP contribution >= 0.6 is 0 Å². The summed E-state index contributed by atoms with van der Waals surface area (Å²) in [6.07, 6.45) is 4.65. The van der Waals surface area contributed by atoms with Crippen molar-refractivity contribution in [2.45, 2.75) is 31.7 Å². The van der Waals surface area contributed by atoms with Crippen LogP contribution in [0.2, 0.25) is 0 Å². The number of hydrogen-bond acceptors (Lipinski definition) is 5. The molecule has 7 heteroatoms. The van der Waals surface area contributed by atoms with E-state index in [-0.39, 0.29) is 6.61 Å². The second-order valence-corrected chi connectivity index (χ2v) is 6.70. The maximum Gasteiger partial charge on any atom is 0.223 e. The predicted molar refractivity (Wildman–Crippen MR) is 91.8 cm³/mol. The Morgan fingerprint density at radius 3 is 2.67 bits per heavy atom. The van der Waals surface area contributed by atoms with Crippen LogP contribution < -0.4 is 5.32 Å². The molecule has 0 radical (unpaired) electrons. The molecule has 1 aromatic heterocycles. The summed E-state index contributed by atoms with van der Waals surface area (Å²) >= 11 is 0. The van der Waals surface area contributed by atoms with Crippen molar-refractivity contribution in [3.05, 3.63) is 18.0 Å². The molecule has 1 amide bonds. The number of piperazine rings is 1. The summed E-state index contributed by atoms with van der Waals surface area (Å²) in [4.78, 5) is 16.6. The molecule has 3 rings (SSSR count). The molecule has 2 fully saturated rings. The smallest absolute Gasteiger partial charge is 0.223 e. The van der Waals surface area contributed by atoms with Crippen molar-refractivity contribution in [3.8, 4) is 0 Å². The van der Waals surface area contributed by atoms with Gasteiger partial charge in [0.2, 0.25) is 5.91 Å². The standard InChI is InChI=1S/C17H29N5O2/c23-14-13-22-16(1-5-19-22)15-2-8-20(9-3-15)10-4-17(24)21-11-6-18-7-12-21/h1,5,15,18,23H,2-4,6-14H2. The monoisotopic (exact) mass is 335 g/mol. The quantitative estimate of drug-likeness (QED) is 0.758. The lowest BCUT2D eigenvalue weighted by Crippen LogP contribution is -2.47. The number of aliphatic hydroxyl groups excluding tert-OH is 1. The van der Waals surface area contributed by atoms with Crippen molar-refractivity contribution in [2.24, 2.45) is 0 Å². The molecule has 2 aliphatic heterocycles. The van der Waals surface area contributed by atoms with Crippen LogP contribution in [-0.4, -0.2) is 83.0 Å². The highest BCUT2D eigenvalue weighted by Gasteiger charge is 2.24. The number of carbonyl (C=O) groups excluding carboxylic acids is 1. The number of nitrogens with one attached hydrogen (secondary N) is 1. The summed E-state index contributed by atoms with van der Waals surface area (Å²) in [6, 6.07) is 2.07. The van der Waals surface area contributed by atoms with Crippen molar-refractivity contribution in [1.82, 2.24) is 24.9 Å². The van der Waals surface area contributed by atoms with Gasteiger partial charge in [-0.05, 0) is 32.0 Å². The summed E-state index contributed by atoms with van der Waals surface area (Å²) in [5.74, 6) is 0.804. The summed E-state index contributed by atoms with van der Waals surface area (Å²) in [5.41, 5.74) is 1.24. The van der Waals surface area contributed by atoms with E-state index >= 15 is 0 Å². The van der Waals surface area contributed by atoms with E-state index in [1.54, 1.807) is 0 Å². The fraction of sp³-hybridized carbons (Fsp3) is 0.765. The zero-order chi connectivity index (χ0) is 16.8. The van der Waals surface area contributed by atoms with Gasteiger partial charge in [-0.15, -0.1) is 0 Å². The van der Waals surface area contributed by atoms with Gasteiger partial charge in [-0.25, -0.2) is 0 Å². The fourth-order valence-corrected chi connectivity index (χ4v) is 3.75. The first-order chi connectivity index (χ1) is 11.8. The summed E-state index contributed by atoms with van der Waals surface area (Å²) in [6.45, 7) is 7.14. The van der Waals surface area contributed by atoms with E-state index in [0.29, 0.717) is 24.8 Å². The maximum absolute atomic E-state index is 12.2. The third-order valence-corrected chi connectivity index (χ3v) is 5.18. The molecule has 3 heterocycles. The van der Waals surface area contributed by atoms with Crippen molar-refractivity contribution in [2.75, 3.05) is 52.4 Å². The minimum Gasteiger partial charge on any atom is -0.394 e. The Labute approximate surface area is 143 Å². The molecular formula is C17H29N5O2. The number of likely N-dealkylation sites (tertiary alicyclic amines) is 1. The number of carbonyl (C=O) groups is 1. The lowest BCUT2D eigenvalue weighted by Gasteiger charge is -2.33. The molecule has 0 saturated carbocycles. The van der Waals surface area contributed by atoms with E-state index in [9.17, 15) is 4.79 Å². The average Bonchev–Trinajstić information content (AvgIpc) is 3.09. The van der Waals surface area contributed by atoms with Gasteiger partial charge in [0.15, 0.2) is 0 Å². The summed E-state index contributed by atoms with van der Waals surface area (Å²) in [7, 11) is 0. The van der Waals surface area contributed by atoms with E-state index in [0.717, 1.165) is 58.7 Å². The van der Waals surface area contributed by atoms with Gasteiger partial charge >= 0.3 is 0 Å². The first kappa shape index (κ1) is 17.4. The van der Waals surface area contributed by atoms with Crippen LogP contribution in [0.5, 0.6) is 0 Å². The second kappa shape index (κ2) is 8.60. The van der Waals surface area contributed by atoms with Crippen molar-refractivity contribution >= 4 is 5.91 Å². The first-order valence-electron chi connectivity index (χ1n) is 9.11. The van der Waals surface area contributed by atoms with Gasteiger partial charge in [-0.3, -0.25) is 9.48 Å². The Balaban J connectivity index is 1.42. The number of piperidine rings is 1. The molecule has 1 aromatic rings. The number of nitrogens with zero attached hydrogens (tertiary/aromatic N) is 4. The Morgan fingerprint density at radius 2 is 1.96 bits per heavy atom. The van der Waals surface area contributed by atoms with Gasteiger partial charge in [-0.1, -0.05) is 0 Å². The SMILES string of the molecule is O=C(CCN1CCC(c2ccnn2CCO)CC1)N1CCNCC1. The van der Waals surface area contributed by atoms with Crippen molar-refractivity contribution in [1.29, 1.82) is 0 Å². The largest absolute Gasteiger partial charge is 0.394 e. The van der Waals surface area contributed by atoms with Crippen LogP contribution in [0.15, 0.2) is 12.3 Å². The number of aliphatic hydroxyl groups is 1. The van der Waals surface area contributed by atoms with Gasteiger partial charge < -0.3 is 20.2 Å². The molecule has 0 unspecified atom stereocenters. The number of aromatic nitrogens is 2. The average molecular weight is 335 g/mol. The highest BCUT2D eigenvalue weighted by Crippen LogP contribution is 2.27. The Kier molecular flexibility index (Phi) is 6.23. The van der Waals surface area contributed by atoms with Gasteiger partial charge in [0.05, 0.1) is 13.2 Å². The van der Waals surface area contributed by atoms with E-state index in [2.05, 4.69) is 21.4 Å².